The molecule has 1 aromatic heterocycles. The maximum absolute atomic E-state index is 14.8. The maximum Gasteiger partial charge on any atom is 0.225 e. The minimum Gasteiger partial charge on any atom is -0.371 e. The lowest BCUT2D eigenvalue weighted by Crippen LogP contribution is -2.54. The molecule has 1 aliphatic heterocycles. The largest absolute Gasteiger partial charge is 0.371 e. The van der Waals surface area contributed by atoms with Gasteiger partial charge in [0.1, 0.15) is 5.82 Å². The van der Waals surface area contributed by atoms with E-state index in [2.05, 4.69) is 48.6 Å². The minimum absolute atomic E-state index is 0.00776. The molecule has 1 amide bonds. The predicted molar refractivity (Wildman–Crippen MR) is 176 cm³/mol. The van der Waals surface area contributed by atoms with Crippen LogP contribution in [0.2, 0.25) is 0 Å². The van der Waals surface area contributed by atoms with Gasteiger partial charge in [-0.05, 0) is 64.3 Å². The van der Waals surface area contributed by atoms with E-state index < -0.39 is 0 Å². The van der Waals surface area contributed by atoms with E-state index >= 15 is 0 Å². The van der Waals surface area contributed by atoms with E-state index in [-0.39, 0.29) is 23.7 Å². The molecule has 1 aliphatic rings. The van der Waals surface area contributed by atoms with Crippen LogP contribution in [0.1, 0.15) is 85.1 Å². The minimum atomic E-state index is -0.247. The molecule has 6 nitrogen and oxygen atoms in total. The van der Waals surface area contributed by atoms with Crippen molar-refractivity contribution in [1.82, 2.24) is 14.8 Å². The molecule has 0 radical (unpaired) electrons. The molecule has 1 fully saturated rings. The Morgan fingerprint density at radius 2 is 1.93 bits per heavy atom. The zero-order valence-corrected chi connectivity index (χ0v) is 27.2. The second kappa shape index (κ2) is 17.8. The number of hydrogen-bond donors (Lipinski definition) is 0. The van der Waals surface area contributed by atoms with Crippen molar-refractivity contribution in [2.75, 3.05) is 19.6 Å². The first kappa shape index (κ1) is 35.1. The topological polar surface area (TPSA) is 72.6 Å². The third-order valence-electron chi connectivity index (χ3n) is 7.39. The number of benzene rings is 1. The van der Waals surface area contributed by atoms with Crippen LogP contribution in [0.3, 0.4) is 0 Å². The van der Waals surface area contributed by atoms with Crippen molar-refractivity contribution in [1.29, 1.82) is 5.26 Å². The monoisotopic (exact) mass is 585 g/mol. The van der Waals surface area contributed by atoms with Crippen molar-refractivity contribution in [3.63, 3.8) is 0 Å². The lowest BCUT2D eigenvalue weighted by Gasteiger charge is -2.42. The van der Waals surface area contributed by atoms with E-state index in [4.69, 9.17) is 5.26 Å². The van der Waals surface area contributed by atoms with Gasteiger partial charge in [0.15, 0.2) is 0 Å². The standard InChI is InChI=1S/C27H38FN3O.C9H10N2/c1-8-10-15-29-21(6)26(23(9-2)24-13-11-12-14-25(24)28)22(7)30-16-17-31(20(5)18-30)27(32)19(3)4;1-2-3-9-6-8(7-10)4-5-11-9/h9-15,19-20H,8,16-18H2,1-7H3;4-6H,2-3H2,1H3/b15-10+,23-9-,26-22-,29-21+;. The highest BCUT2D eigenvalue weighted by Crippen LogP contribution is 2.31. The van der Waals surface area contributed by atoms with Crippen LogP contribution in [0.15, 0.2) is 77.2 Å². The number of carbonyl (C=O) groups is 1. The average molecular weight is 586 g/mol. The number of aliphatic imine (C=N–C) groups is 1. The summed E-state index contributed by atoms with van der Waals surface area (Å²) in [7, 11) is 0. The van der Waals surface area contributed by atoms with Gasteiger partial charge < -0.3 is 9.80 Å². The van der Waals surface area contributed by atoms with E-state index in [9.17, 15) is 9.18 Å². The number of piperazine rings is 1. The van der Waals surface area contributed by atoms with Crippen molar-refractivity contribution in [3.8, 4) is 6.07 Å². The lowest BCUT2D eigenvalue weighted by molar-refractivity contribution is -0.138. The van der Waals surface area contributed by atoms with Crippen LogP contribution in [-0.4, -0.2) is 52.1 Å². The zero-order chi connectivity index (χ0) is 31.9. The first-order chi connectivity index (χ1) is 20.6. The summed E-state index contributed by atoms with van der Waals surface area (Å²) in [4.78, 5) is 25.6. The van der Waals surface area contributed by atoms with Crippen LogP contribution in [0.4, 0.5) is 4.39 Å². The van der Waals surface area contributed by atoms with Gasteiger partial charge in [0.05, 0.1) is 11.6 Å². The van der Waals surface area contributed by atoms with Crippen molar-refractivity contribution >= 4 is 17.2 Å². The number of aryl methyl sites for hydroxylation is 1. The molecule has 0 saturated carbocycles. The molecule has 3 rings (SSSR count). The quantitative estimate of drug-likeness (QED) is 0.221. The molecule has 0 bridgehead atoms. The van der Waals surface area contributed by atoms with Crippen LogP contribution in [-0.2, 0) is 11.2 Å². The zero-order valence-electron chi connectivity index (χ0n) is 27.2. The smallest absolute Gasteiger partial charge is 0.225 e. The number of allylic oxidation sites excluding steroid dienone is 5. The Morgan fingerprint density at radius 3 is 2.51 bits per heavy atom. The fourth-order valence-electron chi connectivity index (χ4n) is 5.12. The number of halogens is 1. The van der Waals surface area contributed by atoms with Crippen LogP contribution < -0.4 is 0 Å². The van der Waals surface area contributed by atoms with E-state index in [1.807, 2.05) is 69.1 Å². The van der Waals surface area contributed by atoms with Gasteiger partial charge in [0.2, 0.25) is 5.91 Å². The Morgan fingerprint density at radius 1 is 1.21 bits per heavy atom. The number of carbonyl (C=O) groups excluding carboxylic acids is 1. The molecule has 230 valence electrons. The van der Waals surface area contributed by atoms with Crippen LogP contribution in [0, 0.1) is 23.1 Å². The van der Waals surface area contributed by atoms with Gasteiger partial charge in [-0.25, -0.2) is 4.39 Å². The number of hydrogen-bond acceptors (Lipinski definition) is 5. The van der Waals surface area contributed by atoms with Crippen LogP contribution in [0.5, 0.6) is 0 Å². The Hall–Kier alpha value is -4.05. The number of amides is 1. The van der Waals surface area contributed by atoms with Gasteiger partial charge >= 0.3 is 0 Å². The van der Waals surface area contributed by atoms with E-state index in [0.717, 1.165) is 60.6 Å². The SMILES string of the molecule is CCCc1cc(C#N)ccn1.C\C=C(C(/C(C)=N/C=C/CC)=C(/C)N1CCN(C(=O)C(C)C)C(C)C1)\c1ccccc1F. The summed E-state index contributed by atoms with van der Waals surface area (Å²) in [5, 5.41) is 8.55. The van der Waals surface area contributed by atoms with Gasteiger partial charge in [0.25, 0.3) is 0 Å². The fourth-order valence-corrected chi connectivity index (χ4v) is 5.12. The van der Waals surface area contributed by atoms with Crippen molar-refractivity contribution in [2.45, 2.75) is 80.7 Å². The third kappa shape index (κ3) is 10.0. The summed E-state index contributed by atoms with van der Waals surface area (Å²) in [6, 6.07) is 12.6. The molecule has 7 heteroatoms. The molecule has 2 heterocycles. The Labute approximate surface area is 258 Å². The normalized spacial score (nSPS) is 16.5. The second-order valence-corrected chi connectivity index (χ2v) is 11.0. The first-order valence-electron chi connectivity index (χ1n) is 15.3. The van der Waals surface area contributed by atoms with Crippen molar-refractivity contribution < 1.29 is 9.18 Å². The summed E-state index contributed by atoms with van der Waals surface area (Å²) in [6.07, 6.45) is 10.4. The first-order valence-corrected chi connectivity index (χ1v) is 15.3. The molecule has 1 unspecified atom stereocenters. The molecule has 1 aromatic carbocycles. The summed E-state index contributed by atoms with van der Waals surface area (Å²) < 4.78 is 14.8. The maximum atomic E-state index is 14.8. The molecular weight excluding hydrogens is 537 g/mol. The molecule has 43 heavy (non-hydrogen) atoms. The Bertz CT molecular complexity index is 1380. The Kier molecular flexibility index (Phi) is 14.6. The molecule has 2 aromatic rings. The number of aromatic nitrogens is 1. The molecule has 0 N–H and O–H groups in total. The predicted octanol–water partition coefficient (Wildman–Crippen LogP) is 7.98. The summed E-state index contributed by atoms with van der Waals surface area (Å²) in [6.45, 7) is 18.3. The van der Waals surface area contributed by atoms with Gasteiger partial charge in [0, 0.05) is 72.2 Å². The number of pyridine rings is 1. The van der Waals surface area contributed by atoms with Crippen molar-refractivity contribution in [2.24, 2.45) is 10.9 Å². The number of nitrogens with zero attached hydrogens (tertiary/aromatic N) is 5. The Balaban J connectivity index is 0.000000490. The van der Waals surface area contributed by atoms with Crippen molar-refractivity contribution in [3.05, 3.63) is 94.9 Å². The van der Waals surface area contributed by atoms with E-state index in [1.165, 1.54) is 6.07 Å². The number of nitriles is 1. The van der Waals surface area contributed by atoms with Gasteiger partial charge in [-0.3, -0.25) is 14.8 Å². The summed E-state index contributed by atoms with van der Waals surface area (Å²) in [5.41, 5.74) is 5.94. The van der Waals surface area contributed by atoms with E-state index in [1.54, 1.807) is 18.3 Å². The molecule has 1 atom stereocenters. The molecule has 0 spiro atoms. The molecule has 1 saturated heterocycles. The number of rotatable bonds is 9. The second-order valence-electron chi connectivity index (χ2n) is 11.0. The van der Waals surface area contributed by atoms with Crippen LogP contribution >= 0.6 is 0 Å². The average Bonchev–Trinajstić information content (AvgIpc) is 3.00. The molecular formula is C36H48FN5O. The molecule has 0 aliphatic carbocycles. The van der Waals surface area contributed by atoms with Gasteiger partial charge in [-0.15, -0.1) is 0 Å². The highest BCUT2D eigenvalue weighted by Gasteiger charge is 2.30. The highest BCUT2D eigenvalue weighted by molar-refractivity contribution is 6.12. The summed E-state index contributed by atoms with van der Waals surface area (Å²) in [5.74, 6) is -0.0583. The van der Waals surface area contributed by atoms with Crippen LogP contribution in [0.25, 0.3) is 5.57 Å². The third-order valence-corrected chi connectivity index (χ3v) is 7.39. The van der Waals surface area contributed by atoms with Gasteiger partial charge in [-0.2, -0.15) is 5.26 Å². The van der Waals surface area contributed by atoms with E-state index in [0.29, 0.717) is 17.7 Å². The lowest BCUT2D eigenvalue weighted by atomic mass is 9.92. The fraction of sp³-hybridized carbons (Fsp3) is 0.444. The summed E-state index contributed by atoms with van der Waals surface area (Å²) >= 11 is 0. The van der Waals surface area contributed by atoms with Gasteiger partial charge in [-0.1, -0.05) is 64.5 Å². The highest BCUT2D eigenvalue weighted by atomic mass is 19.1.